The van der Waals surface area contributed by atoms with Crippen LogP contribution in [0.15, 0.2) is 73.1 Å². The highest BCUT2D eigenvalue weighted by Crippen LogP contribution is 2.25. The fourth-order valence-corrected chi connectivity index (χ4v) is 3.04. The Labute approximate surface area is 157 Å². The number of rotatable bonds is 3. The van der Waals surface area contributed by atoms with Crippen molar-refractivity contribution < 1.29 is 4.79 Å². The number of carbonyl (C=O) groups is 1. The van der Waals surface area contributed by atoms with Gasteiger partial charge in [-0.05, 0) is 61.4 Å². The van der Waals surface area contributed by atoms with Crippen LogP contribution in [0, 0.1) is 13.8 Å². The van der Waals surface area contributed by atoms with Crippen molar-refractivity contribution in [3.8, 4) is 11.3 Å². The van der Waals surface area contributed by atoms with Crippen LogP contribution in [0.5, 0.6) is 0 Å². The van der Waals surface area contributed by atoms with Crippen molar-refractivity contribution >= 4 is 22.5 Å². The van der Waals surface area contributed by atoms with Crippen LogP contribution in [-0.4, -0.2) is 15.9 Å². The molecule has 2 heterocycles. The van der Waals surface area contributed by atoms with E-state index >= 15 is 0 Å². The van der Waals surface area contributed by atoms with Crippen LogP contribution < -0.4 is 5.32 Å². The van der Waals surface area contributed by atoms with Gasteiger partial charge in [-0.25, -0.2) is 4.98 Å². The first kappa shape index (κ1) is 16.9. The lowest BCUT2D eigenvalue weighted by Gasteiger charge is -2.11. The summed E-state index contributed by atoms with van der Waals surface area (Å²) in [5.41, 5.74) is 6.11. The van der Waals surface area contributed by atoms with Crippen LogP contribution in [0.1, 0.15) is 21.5 Å². The third kappa shape index (κ3) is 3.42. The molecule has 0 saturated heterocycles. The lowest BCUT2D eigenvalue weighted by Crippen LogP contribution is -2.13. The SMILES string of the molecule is Cc1ccc(NC(=O)c2cc(-c3cccnc3)nc3ccccc23)cc1C. The van der Waals surface area contributed by atoms with Gasteiger partial charge in [-0.2, -0.15) is 0 Å². The van der Waals surface area contributed by atoms with Gasteiger partial charge < -0.3 is 5.32 Å². The second-order valence-electron chi connectivity index (χ2n) is 6.57. The molecule has 0 atom stereocenters. The number of pyridine rings is 2. The van der Waals surface area contributed by atoms with E-state index in [1.54, 1.807) is 12.4 Å². The molecule has 0 bridgehead atoms. The summed E-state index contributed by atoms with van der Waals surface area (Å²) in [5.74, 6) is -0.151. The van der Waals surface area contributed by atoms with Crippen molar-refractivity contribution in [3.63, 3.8) is 0 Å². The first-order chi connectivity index (χ1) is 13.1. The van der Waals surface area contributed by atoms with E-state index in [0.29, 0.717) is 5.56 Å². The Balaban J connectivity index is 1.79. The molecular weight excluding hydrogens is 334 g/mol. The van der Waals surface area contributed by atoms with E-state index < -0.39 is 0 Å². The van der Waals surface area contributed by atoms with E-state index in [0.717, 1.165) is 33.4 Å². The van der Waals surface area contributed by atoms with Gasteiger partial charge in [0.25, 0.3) is 5.91 Å². The highest BCUT2D eigenvalue weighted by molar-refractivity contribution is 6.13. The molecule has 132 valence electrons. The molecule has 0 fully saturated rings. The summed E-state index contributed by atoms with van der Waals surface area (Å²) in [5, 5.41) is 3.84. The number of benzene rings is 2. The summed E-state index contributed by atoms with van der Waals surface area (Å²) in [4.78, 5) is 21.9. The van der Waals surface area contributed by atoms with E-state index in [1.165, 1.54) is 5.56 Å². The number of nitrogens with one attached hydrogen (secondary N) is 1. The Morgan fingerprint density at radius 2 is 1.78 bits per heavy atom. The fourth-order valence-electron chi connectivity index (χ4n) is 3.04. The predicted molar refractivity (Wildman–Crippen MR) is 109 cm³/mol. The number of para-hydroxylation sites is 1. The molecule has 0 aliphatic carbocycles. The third-order valence-corrected chi connectivity index (χ3v) is 4.68. The van der Waals surface area contributed by atoms with Crippen molar-refractivity contribution in [2.75, 3.05) is 5.32 Å². The summed E-state index contributed by atoms with van der Waals surface area (Å²) < 4.78 is 0. The zero-order valence-electron chi connectivity index (χ0n) is 15.2. The van der Waals surface area contributed by atoms with Crippen molar-refractivity contribution in [1.82, 2.24) is 9.97 Å². The molecular formula is C23H19N3O. The van der Waals surface area contributed by atoms with Crippen LogP contribution in [-0.2, 0) is 0 Å². The average Bonchev–Trinajstić information content (AvgIpc) is 2.70. The van der Waals surface area contributed by atoms with Crippen molar-refractivity contribution in [2.24, 2.45) is 0 Å². The lowest BCUT2D eigenvalue weighted by molar-refractivity contribution is 0.102. The molecule has 4 rings (SSSR count). The lowest BCUT2D eigenvalue weighted by atomic mass is 10.0. The zero-order chi connectivity index (χ0) is 18.8. The predicted octanol–water partition coefficient (Wildman–Crippen LogP) is 5.17. The molecule has 2 aromatic carbocycles. The molecule has 0 radical (unpaired) electrons. The van der Waals surface area contributed by atoms with Gasteiger partial charge in [-0.15, -0.1) is 0 Å². The molecule has 4 heteroatoms. The van der Waals surface area contributed by atoms with E-state index in [4.69, 9.17) is 4.98 Å². The molecule has 1 amide bonds. The Hall–Kier alpha value is -3.53. The van der Waals surface area contributed by atoms with E-state index in [2.05, 4.69) is 17.2 Å². The Kier molecular flexibility index (Phi) is 4.38. The molecule has 4 aromatic rings. The minimum absolute atomic E-state index is 0.151. The van der Waals surface area contributed by atoms with E-state index in [1.807, 2.05) is 67.6 Å². The first-order valence-electron chi connectivity index (χ1n) is 8.80. The maximum Gasteiger partial charge on any atom is 0.256 e. The van der Waals surface area contributed by atoms with Crippen molar-refractivity contribution in [1.29, 1.82) is 0 Å². The summed E-state index contributed by atoms with van der Waals surface area (Å²) in [6.45, 7) is 4.09. The Bertz CT molecular complexity index is 1140. The second kappa shape index (κ2) is 7.00. The number of nitrogens with zero attached hydrogens (tertiary/aromatic N) is 2. The van der Waals surface area contributed by atoms with Gasteiger partial charge >= 0.3 is 0 Å². The van der Waals surface area contributed by atoms with Crippen molar-refractivity contribution in [3.05, 3.63) is 89.7 Å². The molecule has 0 saturated carbocycles. The van der Waals surface area contributed by atoms with Gasteiger partial charge in [-0.3, -0.25) is 9.78 Å². The summed E-state index contributed by atoms with van der Waals surface area (Å²) in [6, 6.07) is 19.2. The van der Waals surface area contributed by atoms with Crippen LogP contribution in [0.3, 0.4) is 0 Å². The summed E-state index contributed by atoms with van der Waals surface area (Å²) in [7, 11) is 0. The van der Waals surface area contributed by atoms with E-state index in [-0.39, 0.29) is 5.91 Å². The highest BCUT2D eigenvalue weighted by Gasteiger charge is 2.14. The zero-order valence-corrected chi connectivity index (χ0v) is 15.2. The fraction of sp³-hybridized carbons (Fsp3) is 0.0870. The van der Waals surface area contributed by atoms with Crippen LogP contribution >= 0.6 is 0 Å². The van der Waals surface area contributed by atoms with Crippen LogP contribution in [0.4, 0.5) is 5.69 Å². The molecule has 4 nitrogen and oxygen atoms in total. The number of amides is 1. The quantitative estimate of drug-likeness (QED) is 0.553. The number of hydrogen-bond acceptors (Lipinski definition) is 3. The van der Waals surface area contributed by atoms with E-state index in [9.17, 15) is 4.79 Å². The molecule has 0 spiro atoms. The molecule has 27 heavy (non-hydrogen) atoms. The number of anilines is 1. The standard InChI is InChI=1S/C23H19N3O/c1-15-9-10-18(12-16(15)2)25-23(27)20-13-22(17-6-5-11-24-14-17)26-21-8-4-3-7-19(20)21/h3-14H,1-2H3,(H,25,27). The molecule has 2 aromatic heterocycles. The summed E-state index contributed by atoms with van der Waals surface area (Å²) in [6.07, 6.45) is 3.47. The third-order valence-electron chi connectivity index (χ3n) is 4.68. The molecule has 0 unspecified atom stereocenters. The molecule has 1 N–H and O–H groups in total. The minimum atomic E-state index is -0.151. The van der Waals surface area contributed by atoms with Gasteiger partial charge in [0.05, 0.1) is 16.8 Å². The van der Waals surface area contributed by atoms with Gasteiger partial charge in [-0.1, -0.05) is 24.3 Å². The van der Waals surface area contributed by atoms with Crippen LogP contribution in [0.25, 0.3) is 22.2 Å². The monoisotopic (exact) mass is 353 g/mol. The molecule has 0 aliphatic heterocycles. The van der Waals surface area contributed by atoms with Gasteiger partial charge in [0.1, 0.15) is 0 Å². The largest absolute Gasteiger partial charge is 0.322 e. The number of fused-ring (bicyclic) bond motifs is 1. The smallest absolute Gasteiger partial charge is 0.256 e. The number of carbonyl (C=O) groups excluding carboxylic acids is 1. The normalized spacial score (nSPS) is 10.7. The Morgan fingerprint density at radius 1 is 0.926 bits per heavy atom. The molecule has 0 aliphatic rings. The first-order valence-corrected chi connectivity index (χ1v) is 8.80. The van der Waals surface area contributed by atoms with Gasteiger partial charge in [0.15, 0.2) is 0 Å². The maximum atomic E-state index is 13.1. The van der Waals surface area contributed by atoms with Crippen LogP contribution in [0.2, 0.25) is 0 Å². The second-order valence-corrected chi connectivity index (χ2v) is 6.57. The summed E-state index contributed by atoms with van der Waals surface area (Å²) >= 11 is 0. The van der Waals surface area contributed by atoms with Gasteiger partial charge in [0.2, 0.25) is 0 Å². The van der Waals surface area contributed by atoms with Gasteiger partial charge in [0, 0.05) is 29.0 Å². The number of aromatic nitrogens is 2. The van der Waals surface area contributed by atoms with Crippen molar-refractivity contribution in [2.45, 2.75) is 13.8 Å². The minimum Gasteiger partial charge on any atom is -0.322 e. The number of aryl methyl sites for hydroxylation is 2. The maximum absolute atomic E-state index is 13.1. The number of hydrogen-bond donors (Lipinski definition) is 1. The average molecular weight is 353 g/mol. The topological polar surface area (TPSA) is 54.9 Å². The highest BCUT2D eigenvalue weighted by atomic mass is 16.1. The Morgan fingerprint density at radius 3 is 2.56 bits per heavy atom.